The molecule has 0 bridgehead atoms. The Morgan fingerprint density at radius 2 is 1.82 bits per heavy atom. The summed E-state index contributed by atoms with van der Waals surface area (Å²) in [4.78, 5) is 31.4. The van der Waals surface area contributed by atoms with Gasteiger partial charge in [-0.15, -0.1) is 0 Å². The summed E-state index contributed by atoms with van der Waals surface area (Å²) >= 11 is 0. The third-order valence-electron chi connectivity index (χ3n) is 7.13. The first-order valence-corrected chi connectivity index (χ1v) is 11.8. The van der Waals surface area contributed by atoms with Crippen molar-refractivity contribution in [3.8, 4) is 0 Å². The number of fused-ring (bicyclic) bond motifs is 3. The van der Waals surface area contributed by atoms with E-state index in [0.29, 0.717) is 26.1 Å². The molecule has 6 heteroatoms. The molecule has 2 aromatic carbocycles. The fourth-order valence-electron chi connectivity index (χ4n) is 5.17. The molecular weight excluding hydrogens is 414 g/mol. The number of aromatic amines is 1. The number of nitrogens with one attached hydrogen (secondary N) is 2. The lowest BCUT2D eigenvalue weighted by Gasteiger charge is -2.40. The summed E-state index contributed by atoms with van der Waals surface area (Å²) in [6.45, 7) is 5.58. The van der Waals surface area contributed by atoms with Gasteiger partial charge in [0.15, 0.2) is 0 Å². The fourth-order valence-corrected chi connectivity index (χ4v) is 5.17. The number of carbonyl (C=O) groups excluding carboxylic acids is 2. The van der Waals surface area contributed by atoms with Crippen LogP contribution in [0.3, 0.4) is 0 Å². The topological polar surface area (TPSA) is 74.4 Å². The number of nitrogens with zero attached hydrogens (tertiary/aromatic N) is 1. The second-order valence-electron chi connectivity index (χ2n) is 9.54. The maximum Gasteiger partial charge on any atom is 0.245 e. The zero-order valence-electron chi connectivity index (χ0n) is 19.3. The fraction of sp³-hybridized carbons (Fsp3) is 0.407. The molecule has 3 heterocycles. The van der Waals surface area contributed by atoms with Crippen LogP contribution in [0.5, 0.6) is 0 Å². The Hall–Kier alpha value is -3.12. The number of ether oxygens (including phenoxy) is 1. The van der Waals surface area contributed by atoms with Gasteiger partial charge in [0.25, 0.3) is 0 Å². The average molecular weight is 446 g/mol. The molecule has 6 nitrogen and oxygen atoms in total. The molecule has 33 heavy (non-hydrogen) atoms. The minimum Gasteiger partial charge on any atom is -0.365 e. The van der Waals surface area contributed by atoms with Crippen molar-refractivity contribution >= 4 is 22.7 Å². The van der Waals surface area contributed by atoms with Gasteiger partial charge < -0.3 is 19.9 Å². The molecule has 1 atom stereocenters. The normalized spacial score (nSPS) is 18.0. The van der Waals surface area contributed by atoms with E-state index in [-0.39, 0.29) is 23.3 Å². The number of piperidine rings is 1. The molecule has 2 N–H and O–H groups in total. The molecule has 2 amide bonds. The van der Waals surface area contributed by atoms with Gasteiger partial charge in [-0.1, -0.05) is 56.3 Å². The van der Waals surface area contributed by atoms with Gasteiger partial charge in [-0.2, -0.15) is 0 Å². The van der Waals surface area contributed by atoms with E-state index in [1.807, 2.05) is 55.3 Å². The second kappa shape index (κ2) is 8.67. The first-order chi connectivity index (χ1) is 16.0. The van der Waals surface area contributed by atoms with Crippen LogP contribution in [0.25, 0.3) is 10.9 Å². The van der Waals surface area contributed by atoms with Crippen LogP contribution in [0.2, 0.25) is 0 Å². The summed E-state index contributed by atoms with van der Waals surface area (Å²) in [7, 11) is 0. The van der Waals surface area contributed by atoms with Gasteiger partial charge >= 0.3 is 0 Å². The van der Waals surface area contributed by atoms with Crippen LogP contribution in [0.4, 0.5) is 0 Å². The number of hydrogen-bond donors (Lipinski definition) is 2. The van der Waals surface area contributed by atoms with Crippen molar-refractivity contribution in [1.82, 2.24) is 15.2 Å². The van der Waals surface area contributed by atoms with Crippen molar-refractivity contribution in [1.29, 1.82) is 0 Å². The van der Waals surface area contributed by atoms with Crippen LogP contribution in [0.1, 0.15) is 43.4 Å². The van der Waals surface area contributed by atoms with Crippen molar-refractivity contribution in [2.75, 3.05) is 13.1 Å². The van der Waals surface area contributed by atoms with E-state index >= 15 is 0 Å². The van der Waals surface area contributed by atoms with Gasteiger partial charge in [-0.3, -0.25) is 9.59 Å². The highest BCUT2D eigenvalue weighted by Gasteiger charge is 2.44. The van der Waals surface area contributed by atoms with E-state index in [4.69, 9.17) is 4.74 Å². The summed E-state index contributed by atoms with van der Waals surface area (Å²) in [6.07, 6.45) is 3.95. The number of carbonyl (C=O) groups is 2. The van der Waals surface area contributed by atoms with Crippen LogP contribution in [0.15, 0.2) is 54.7 Å². The van der Waals surface area contributed by atoms with Crippen molar-refractivity contribution in [2.24, 2.45) is 5.92 Å². The van der Waals surface area contributed by atoms with Crippen LogP contribution in [0, 0.1) is 5.92 Å². The Bertz CT molecular complexity index is 1170. The second-order valence-corrected chi connectivity index (χ2v) is 9.54. The number of H-pyrrole nitrogens is 1. The van der Waals surface area contributed by atoms with Gasteiger partial charge in [0, 0.05) is 42.5 Å². The molecule has 1 spiro atoms. The van der Waals surface area contributed by atoms with Crippen molar-refractivity contribution < 1.29 is 14.3 Å². The highest BCUT2D eigenvalue weighted by molar-refractivity contribution is 5.90. The summed E-state index contributed by atoms with van der Waals surface area (Å²) in [6, 6.07) is 15.8. The lowest BCUT2D eigenvalue weighted by atomic mass is 9.83. The quantitative estimate of drug-likeness (QED) is 0.626. The van der Waals surface area contributed by atoms with Crippen molar-refractivity contribution in [2.45, 2.75) is 51.4 Å². The Labute approximate surface area is 194 Å². The predicted molar refractivity (Wildman–Crippen MR) is 127 cm³/mol. The molecule has 172 valence electrons. The van der Waals surface area contributed by atoms with E-state index in [9.17, 15) is 9.59 Å². The molecule has 3 aromatic rings. The highest BCUT2D eigenvalue weighted by atomic mass is 16.5. The number of para-hydroxylation sites is 1. The van der Waals surface area contributed by atoms with E-state index < -0.39 is 6.04 Å². The Balaban J connectivity index is 1.34. The average Bonchev–Trinajstić information content (AvgIpc) is 3.41. The van der Waals surface area contributed by atoms with Gasteiger partial charge in [0.1, 0.15) is 6.04 Å². The van der Waals surface area contributed by atoms with Crippen molar-refractivity contribution in [3.63, 3.8) is 0 Å². The largest absolute Gasteiger partial charge is 0.365 e. The van der Waals surface area contributed by atoms with E-state index in [2.05, 4.69) is 28.5 Å². The molecule has 1 aromatic heterocycles. The Morgan fingerprint density at radius 3 is 2.61 bits per heavy atom. The third kappa shape index (κ3) is 4.04. The van der Waals surface area contributed by atoms with Crippen LogP contribution < -0.4 is 5.32 Å². The van der Waals surface area contributed by atoms with Gasteiger partial charge in [0.2, 0.25) is 11.8 Å². The van der Waals surface area contributed by atoms with E-state index in [1.54, 1.807) is 0 Å². The number of benzene rings is 2. The molecule has 1 unspecified atom stereocenters. The third-order valence-corrected chi connectivity index (χ3v) is 7.13. The Kier molecular flexibility index (Phi) is 5.71. The zero-order chi connectivity index (χ0) is 23.0. The number of likely N-dealkylation sites (tertiary alicyclic amines) is 1. The lowest BCUT2D eigenvalue weighted by molar-refractivity contribution is -0.143. The highest BCUT2D eigenvalue weighted by Crippen LogP contribution is 2.44. The minimum absolute atomic E-state index is 0.0181. The van der Waals surface area contributed by atoms with Crippen LogP contribution in [-0.2, 0) is 33.0 Å². The van der Waals surface area contributed by atoms with Gasteiger partial charge in [-0.25, -0.2) is 0 Å². The zero-order valence-corrected chi connectivity index (χ0v) is 19.3. The first kappa shape index (κ1) is 21.7. The molecule has 2 aliphatic heterocycles. The summed E-state index contributed by atoms with van der Waals surface area (Å²) in [5, 5.41) is 4.10. The van der Waals surface area contributed by atoms with Gasteiger partial charge in [-0.05, 0) is 35.6 Å². The minimum atomic E-state index is -0.593. The van der Waals surface area contributed by atoms with E-state index in [1.165, 1.54) is 11.1 Å². The standard InChI is InChI=1S/C27H31N3O3/c1-18(2)25(31)29-24(15-20-16-28-23-10-6-4-8-21(20)23)26(32)30-13-11-27(12-14-30)22-9-5-3-7-19(22)17-33-27/h3-10,16,18,24,28H,11-15,17H2,1-2H3,(H,29,31). The molecule has 0 saturated carbocycles. The van der Waals surface area contributed by atoms with Crippen LogP contribution in [-0.4, -0.2) is 40.8 Å². The smallest absolute Gasteiger partial charge is 0.245 e. The van der Waals surface area contributed by atoms with Crippen LogP contribution >= 0.6 is 0 Å². The molecule has 2 aliphatic rings. The monoisotopic (exact) mass is 445 g/mol. The molecule has 1 saturated heterocycles. The number of rotatable bonds is 5. The molecule has 0 aliphatic carbocycles. The SMILES string of the molecule is CC(C)C(=O)NC(Cc1c[nH]c2ccccc12)C(=O)N1CCC2(CC1)OCc1ccccc12. The maximum absolute atomic E-state index is 13.6. The van der Waals surface area contributed by atoms with Gasteiger partial charge in [0.05, 0.1) is 12.2 Å². The number of amides is 2. The summed E-state index contributed by atoms with van der Waals surface area (Å²) in [5.41, 5.74) is 4.29. The molecular formula is C27H31N3O3. The summed E-state index contributed by atoms with van der Waals surface area (Å²) in [5.74, 6) is -0.304. The number of hydrogen-bond acceptors (Lipinski definition) is 3. The lowest BCUT2D eigenvalue weighted by Crippen LogP contribution is -2.54. The first-order valence-electron chi connectivity index (χ1n) is 11.8. The predicted octanol–water partition coefficient (Wildman–Crippen LogP) is 3.90. The Morgan fingerprint density at radius 1 is 1.09 bits per heavy atom. The maximum atomic E-state index is 13.6. The molecule has 1 fully saturated rings. The van der Waals surface area contributed by atoms with Crippen molar-refractivity contribution in [3.05, 3.63) is 71.4 Å². The van der Waals surface area contributed by atoms with E-state index in [0.717, 1.165) is 29.3 Å². The molecule has 0 radical (unpaired) electrons. The number of aromatic nitrogens is 1. The molecule has 5 rings (SSSR count). The summed E-state index contributed by atoms with van der Waals surface area (Å²) < 4.78 is 6.26.